The molecule has 6 heteroatoms. The Morgan fingerprint density at radius 3 is 2.32 bits per heavy atom. The van der Waals surface area contributed by atoms with Crippen molar-refractivity contribution in [3.05, 3.63) is 52.0 Å². The van der Waals surface area contributed by atoms with Gasteiger partial charge in [0.15, 0.2) is 18.1 Å². The molecular weight excluding hydrogens is 386 g/mol. The van der Waals surface area contributed by atoms with Crippen molar-refractivity contribution < 1.29 is 19.0 Å². The van der Waals surface area contributed by atoms with Gasteiger partial charge in [-0.3, -0.25) is 4.79 Å². The fourth-order valence-electron chi connectivity index (χ4n) is 2.48. The quantitative estimate of drug-likeness (QED) is 0.752. The average molecular weight is 408 g/mol. The van der Waals surface area contributed by atoms with Crippen molar-refractivity contribution >= 4 is 21.8 Å². The first-order valence-electron chi connectivity index (χ1n) is 7.85. The van der Waals surface area contributed by atoms with Crippen LogP contribution in [0.5, 0.6) is 17.2 Å². The lowest BCUT2D eigenvalue weighted by Crippen LogP contribution is -2.31. The number of hydrogen-bond acceptors (Lipinski definition) is 4. The number of carbonyl (C=O) groups is 1. The second-order valence-corrected chi connectivity index (χ2v) is 6.45. The van der Waals surface area contributed by atoms with Crippen molar-refractivity contribution in [2.45, 2.75) is 19.9 Å². The van der Waals surface area contributed by atoms with Gasteiger partial charge in [-0.2, -0.15) is 0 Å². The average Bonchev–Trinajstić information content (AvgIpc) is 2.59. The summed E-state index contributed by atoms with van der Waals surface area (Å²) in [6.07, 6.45) is 0. The van der Waals surface area contributed by atoms with Crippen molar-refractivity contribution in [2.24, 2.45) is 0 Å². The second kappa shape index (κ2) is 8.76. The van der Waals surface area contributed by atoms with Gasteiger partial charge in [0.1, 0.15) is 0 Å². The van der Waals surface area contributed by atoms with Crippen LogP contribution in [0.2, 0.25) is 0 Å². The lowest BCUT2D eigenvalue weighted by atomic mass is 10.1. The molecule has 2 aromatic carbocycles. The van der Waals surface area contributed by atoms with E-state index in [1.54, 1.807) is 14.2 Å². The molecule has 0 unspecified atom stereocenters. The molecule has 2 aromatic rings. The van der Waals surface area contributed by atoms with Crippen molar-refractivity contribution in [1.29, 1.82) is 0 Å². The highest BCUT2D eigenvalue weighted by atomic mass is 79.9. The van der Waals surface area contributed by atoms with E-state index in [9.17, 15) is 4.79 Å². The van der Waals surface area contributed by atoms with Crippen molar-refractivity contribution in [3.8, 4) is 17.2 Å². The first-order valence-corrected chi connectivity index (χ1v) is 8.64. The zero-order chi connectivity index (χ0) is 18.4. The number of carbonyl (C=O) groups excluding carboxylic acids is 1. The highest BCUT2D eigenvalue weighted by Crippen LogP contribution is 2.38. The molecule has 0 fully saturated rings. The second-order valence-electron chi connectivity index (χ2n) is 5.60. The van der Waals surface area contributed by atoms with Crippen LogP contribution < -0.4 is 19.5 Å². The number of aryl methyl sites for hydroxylation is 1. The van der Waals surface area contributed by atoms with Crippen LogP contribution in [0.4, 0.5) is 0 Å². The van der Waals surface area contributed by atoms with Gasteiger partial charge in [0.2, 0.25) is 5.75 Å². The zero-order valence-electron chi connectivity index (χ0n) is 14.8. The summed E-state index contributed by atoms with van der Waals surface area (Å²) in [6.45, 7) is 3.72. The Balaban J connectivity index is 2.04. The summed E-state index contributed by atoms with van der Waals surface area (Å²) in [6, 6.07) is 11.3. The van der Waals surface area contributed by atoms with Crippen LogP contribution in [0, 0.1) is 6.92 Å². The topological polar surface area (TPSA) is 56.8 Å². The van der Waals surface area contributed by atoms with Crippen LogP contribution in [-0.2, 0) is 4.79 Å². The van der Waals surface area contributed by atoms with E-state index in [1.165, 1.54) is 0 Å². The monoisotopic (exact) mass is 407 g/mol. The SMILES string of the molecule is COc1cc(C)cc(OC)c1OCC(=O)N[C@@H](C)c1ccccc1Br. The van der Waals surface area contributed by atoms with Crippen LogP contribution in [0.15, 0.2) is 40.9 Å². The van der Waals surface area contributed by atoms with Crippen LogP contribution in [0.1, 0.15) is 24.1 Å². The molecule has 0 saturated heterocycles. The van der Waals surface area contributed by atoms with Gasteiger partial charge in [-0.15, -0.1) is 0 Å². The highest BCUT2D eigenvalue weighted by molar-refractivity contribution is 9.10. The number of methoxy groups -OCH3 is 2. The molecule has 0 aliphatic carbocycles. The third-order valence-electron chi connectivity index (χ3n) is 3.70. The van der Waals surface area contributed by atoms with E-state index >= 15 is 0 Å². The standard InChI is InChI=1S/C19H22BrNO4/c1-12-9-16(23-3)19(17(10-12)24-4)25-11-18(22)21-13(2)14-7-5-6-8-15(14)20/h5-10,13H,11H2,1-4H3,(H,21,22)/t13-/m0/s1. The van der Waals surface area contributed by atoms with E-state index in [2.05, 4.69) is 21.2 Å². The molecule has 1 amide bonds. The minimum absolute atomic E-state index is 0.134. The maximum atomic E-state index is 12.2. The number of halogens is 1. The van der Waals surface area contributed by atoms with Gasteiger partial charge in [0.05, 0.1) is 20.3 Å². The summed E-state index contributed by atoms with van der Waals surface area (Å²) in [7, 11) is 3.10. The molecule has 0 heterocycles. The summed E-state index contributed by atoms with van der Waals surface area (Å²) < 4.78 is 17.3. The predicted octanol–water partition coefficient (Wildman–Crippen LogP) is 4.03. The van der Waals surface area contributed by atoms with E-state index in [4.69, 9.17) is 14.2 Å². The summed E-state index contributed by atoms with van der Waals surface area (Å²) in [4.78, 5) is 12.2. The van der Waals surface area contributed by atoms with E-state index < -0.39 is 0 Å². The maximum absolute atomic E-state index is 12.2. The van der Waals surface area contributed by atoms with Crippen molar-refractivity contribution in [3.63, 3.8) is 0 Å². The number of hydrogen-bond donors (Lipinski definition) is 1. The summed E-state index contributed by atoms with van der Waals surface area (Å²) in [5, 5.41) is 2.92. The molecule has 5 nitrogen and oxygen atoms in total. The smallest absolute Gasteiger partial charge is 0.258 e. The molecule has 0 saturated carbocycles. The van der Waals surface area contributed by atoms with E-state index in [0.717, 1.165) is 15.6 Å². The normalized spacial score (nSPS) is 11.6. The van der Waals surface area contributed by atoms with Crippen LogP contribution in [-0.4, -0.2) is 26.7 Å². The van der Waals surface area contributed by atoms with Gasteiger partial charge in [-0.05, 0) is 43.2 Å². The third-order valence-corrected chi connectivity index (χ3v) is 4.42. The Bertz CT molecular complexity index is 723. The summed E-state index contributed by atoms with van der Waals surface area (Å²) in [5.74, 6) is 1.25. The molecular formula is C19H22BrNO4. The first-order chi connectivity index (χ1) is 12.0. The van der Waals surface area contributed by atoms with E-state index in [1.807, 2.05) is 50.2 Å². The summed E-state index contributed by atoms with van der Waals surface area (Å²) in [5.41, 5.74) is 1.98. The van der Waals surface area contributed by atoms with E-state index in [-0.39, 0.29) is 18.6 Å². The molecule has 2 rings (SSSR count). The zero-order valence-corrected chi connectivity index (χ0v) is 16.3. The molecule has 0 aliphatic heterocycles. The third kappa shape index (κ3) is 4.89. The molecule has 0 aliphatic rings. The molecule has 134 valence electrons. The van der Waals surface area contributed by atoms with Crippen LogP contribution in [0.25, 0.3) is 0 Å². The number of amides is 1. The van der Waals surface area contributed by atoms with Gasteiger partial charge in [-0.1, -0.05) is 34.1 Å². The fourth-order valence-corrected chi connectivity index (χ4v) is 3.11. The molecule has 0 radical (unpaired) electrons. The molecule has 25 heavy (non-hydrogen) atoms. The Labute approximate surface area is 156 Å². The van der Waals surface area contributed by atoms with Gasteiger partial charge in [-0.25, -0.2) is 0 Å². The molecule has 0 spiro atoms. The number of ether oxygens (including phenoxy) is 3. The van der Waals surface area contributed by atoms with Crippen LogP contribution in [0.3, 0.4) is 0 Å². The van der Waals surface area contributed by atoms with Crippen LogP contribution >= 0.6 is 15.9 Å². The van der Waals surface area contributed by atoms with Crippen molar-refractivity contribution in [1.82, 2.24) is 5.32 Å². The minimum atomic E-state index is -0.229. The minimum Gasteiger partial charge on any atom is -0.493 e. The fraction of sp³-hybridized carbons (Fsp3) is 0.316. The Morgan fingerprint density at radius 1 is 1.16 bits per heavy atom. The van der Waals surface area contributed by atoms with Gasteiger partial charge in [0.25, 0.3) is 5.91 Å². The van der Waals surface area contributed by atoms with Gasteiger partial charge < -0.3 is 19.5 Å². The van der Waals surface area contributed by atoms with Crippen molar-refractivity contribution in [2.75, 3.05) is 20.8 Å². The largest absolute Gasteiger partial charge is 0.493 e. The number of nitrogens with one attached hydrogen (secondary N) is 1. The Morgan fingerprint density at radius 2 is 1.76 bits per heavy atom. The lowest BCUT2D eigenvalue weighted by Gasteiger charge is -2.18. The molecule has 0 aromatic heterocycles. The highest BCUT2D eigenvalue weighted by Gasteiger charge is 2.16. The maximum Gasteiger partial charge on any atom is 0.258 e. The van der Waals surface area contributed by atoms with Gasteiger partial charge >= 0.3 is 0 Å². The molecule has 1 atom stereocenters. The Kier molecular flexibility index (Phi) is 6.70. The first kappa shape index (κ1) is 19.1. The Hall–Kier alpha value is -2.21. The lowest BCUT2D eigenvalue weighted by molar-refractivity contribution is -0.123. The predicted molar refractivity (Wildman–Crippen MR) is 100 cm³/mol. The number of rotatable bonds is 7. The molecule has 0 bridgehead atoms. The molecule has 1 N–H and O–H groups in total. The summed E-state index contributed by atoms with van der Waals surface area (Å²) >= 11 is 3.49. The van der Waals surface area contributed by atoms with Gasteiger partial charge in [0, 0.05) is 4.47 Å². The number of benzene rings is 2. The van der Waals surface area contributed by atoms with E-state index in [0.29, 0.717) is 17.2 Å².